The van der Waals surface area contributed by atoms with E-state index in [-0.39, 0.29) is 5.41 Å². The lowest BCUT2D eigenvalue weighted by Crippen LogP contribution is -2.30. The minimum Gasteiger partial charge on any atom is -0.0616 e. The van der Waals surface area contributed by atoms with Gasteiger partial charge in [-0.15, -0.1) is 0 Å². The number of hydrogen-bond donors (Lipinski definition) is 0. The summed E-state index contributed by atoms with van der Waals surface area (Å²) in [4.78, 5) is 0. The van der Waals surface area contributed by atoms with E-state index in [1.807, 2.05) is 0 Å². The van der Waals surface area contributed by atoms with Gasteiger partial charge in [0.25, 0.3) is 0 Å². The van der Waals surface area contributed by atoms with Gasteiger partial charge in [-0.2, -0.15) is 0 Å². The van der Waals surface area contributed by atoms with Crippen LogP contribution in [-0.2, 0) is 32.5 Å². The molecule has 0 heterocycles. The Morgan fingerprint density at radius 1 is 0.270 bits per heavy atom. The molecule has 386 valence electrons. The molecular weight excluding hydrogens is 889 g/mol. The first-order valence-corrected chi connectivity index (χ1v) is 29.1. The summed E-state index contributed by atoms with van der Waals surface area (Å²) in [5.74, 6) is 0. The number of rotatable bonds is 5. The van der Waals surface area contributed by atoms with E-state index in [0.717, 1.165) is 0 Å². The molecule has 74 heavy (non-hydrogen) atoms. The van der Waals surface area contributed by atoms with Crippen LogP contribution in [0.1, 0.15) is 203 Å². The van der Waals surface area contributed by atoms with Gasteiger partial charge in [-0.3, -0.25) is 0 Å². The molecule has 8 aromatic carbocycles. The molecule has 0 aliphatic heterocycles. The molecule has 0 nitrogen and oxygen atoms in total. The van der Waals surface area contributed by atoms with Crippen molar-refractivity contribution in [2.24, 2.45) is 0 Å². The summed E-state index contributed by atoms with van der Waals surface area (Å²) in [5.41, 5.74) is 13.0. The molecule has 8 aromatic rings. The van der Waals surface area contributed by atoms with Gasteiger partial charge in [0.05, 0.1) is 0 Å². The molecular formula is C74H90. The van der Waals surface area contributed by atoms with E-state index >= 15 is 0 Å². The van der Waals surface area contributed by atoms with E-state index in [9.17, 15) is 0 Å². The summed E-state index contributed by atoms with van der Waals surface area (Å²) >= 11 is 0. The fourth-order valence-electron chi connectivity index (χ4n) is 12.8. The summed E-state index contributed by atoms with van der Waals surface area (Å²) in [5, 5.41) is 8.19. The second kappa shape index (κ2) is 22.4. The highest BCUT2D eigenvalue weighted by atomic mass is 14.4. The van der Waals surface area contributed by atoms with Crippen molar-refractivity contribution in [3.05, 3.63) is 215 Å². The maximum atomic E-state index is 2.42. The van der Waals surface area contributed by atoms with Crippen LogP contribution in [0.2, 0.25) is 0 Å². The molecule has 5 aliphatic rings. The molecule has 0 atom stereocenters. The fourth-order valence-corrected chi connectivity index (χ4v) is 12.8. The summed E-state index contributed by atoms with van der Waals surface area (Å²) < 4.78 is 0. The number of hydrogen-bond acceptors (Lipinski definition) is 0. The van der Waals surface area contributed by atoms with Gasteiger partial charge < -0.3 is 0 Å². The van der Waals surface area contributed by atoms with Crippen molar-refractivity contribution in [3.8, 4) is 0 Å². The van der Waals surface area contributed by atoms with Crippen LogP contribution < -0.4 is 0 Å². The molecule has 5 saturated carbocycles. The van der Waals surface area contributed by atoms with Crippen LogP contribution in [0.4, 0.5) is 0 Å². The Labute approximate surface area is 448 Å². The number of aryl methyl sites for hydroxylation is 1. The first-order chi connectivity index (χ1) is 35.5. The molecule has 0 N–H and O–H groups in total. The van der Waals surface area contributed by atoms with Crippen molar-refractivity contribution < 1.29 is 0 Å². The maximum Gasteiger partial charge on any atom is -0.00744 e. The van der Waals surface area contributed by atoms with Crippen LogP contribution in [0.3, 0.4) is 0 Å². The van der Waals surface area contributed by atoms with Crippen LogP contribution in [-0.4, -0.2) is 0 Å². The fraction of sp³-hybridized carbons (Fsp3) is 0.432. The smallest absolute Gasteiger partial charge is 0.00744 e. The highest BCUT2D eigenvalue weighted by Crippen LogP contribution is 2.48. The molecule has 0 unspecified atom stereocenters. The van der Waals surface area contributed by atoms with E-state index < -0.39 is 0 Å². The standard InChI is InChI=1S/C16H18.C16H24.C15H16.C14H14.C13H18/c1-16(10-4-5-11-16)15-9-8-13-6-2-3-7-14(13)12-15;1-15(2,3)13-7-9-14(10-8-13)16(4)11-5-6-12-16;1-15(9-4-10-15)14-8-7-12-5-2-3-6-13(12)11-14;1-14(8-9-14)13-7-6-11-4-2-3-5-12(11)10-13;1-11-5-7-12(8-6-11)13(2)9-3-4-10-13/h2-3,6-9,12H,4-5,10-11H2,1H3;7-10H,5-6,11-12H2,1-4H3;2-3,5-8,11H,4,9-10H2,1H3;2-7,10H,8-9H2,1H3;5-8H,3-4,9-10H2,1-2H3. The van der Waals surface area contributed by atoms with Crippen molar-refractivity contribution in [1.29, 1.82) is 0 Å². The summed E-state index contributed by atoms with van der Waals surface area (Å²) in [6.07, 6.45) is 23.4. The first kappa shape index (κ1) is 53.4. The van der Waals surface area contributed by atoms with Gasteiger partial charge in [0, 0.05) is 0 Å². The molecule has 0 radical (unpaired) electrons. The van der Waals surface area contributed by atoms with Crippen LogP contribution in [0.25, 0.3) is 32.3 Å². The number of benzene rings is 8. The lowest BCUT2D eigenvalue weighted by molar-refractivity contribution is 0.272. The predicted octanol–water partition coefficient (Wildman–Crippen LogP) is 21.5. The quantitative estimate of drug-likeness (QED) is 0.161. The van der Waals surface area contributed by atoms with Crippen LogP contribution in [0.15, 0.2) is 176 Å². The molecule has 5 fully saturated rings. The van der Waals surface area contributed by atoms with Gasteiger partial charge in [0.1, 0.15) is 0 Å². The van der Waals surface area contributed by atoms with E-state index in [2.05, 4.69) is 238 Å². The van der Waals surface area contributed by atoms with Gasteiger partial charge in [0.2, 0.25) is 0 Å². The topological polar surface area (TPSA) is 0 Å². The van der Waals surface area contributed by atoms with Crippen LogP contribution in [0, 0.1) is 6.92 Å². The molecule has 0 amide bonds. The van der Waals surface area contributed by atoms with Crippen molar-refractivity contribution in [2.45, 2.75) is 204 Å². The molecule has 0 saturated heterocycles. The van der Waals surface area contributed by atoms with Crippen molar-refractivity contribution in [1.82, 2.24) is 0 Å². The maximum absolute atomic E-state index is 2.42. The lowest BCUT2D eigenvalue weighted by atomic mass is 9.66. The highest BCUT2D eigenvalue weighted by Gasteiger charge is 2.39. The van der Waals surface area contributed by atoms with Crippen LogP contribution >= 0.6 is 0 Å². The van der Waals surface area contributed by atoms with Crippen LogP contribution in [0.5, 0.6) is 0 Å². The Kier molecular flexibility index (Phi) is 16.2. The largest absolute Gasteiger partial charge is 0.0616 e. The summed E-state index contributed by atoms with van der Waals surface area (Å²) in [6, 6.07) is 65.1. The SMILES string of the molecule is CC(C)(C)c1ccc(C2(C)CCCC2)cc1.CC1(c2ccc3ccccc3c2)CC1.CC1(c2ccc3ccccc3c2)CCC1.CC1(c2ccc3ccccc3c2)CCCC1.Cc1ccc(C2(C)CCCC2)cc1. The predicted molar refractivity (Wildman–Crippen MR) is 323 cm³/mol. The van der Waals surface area contributed by atoms with Gasteiger partial charge in [-0.25, -0.2) is 0 Å². The van der Waals surface area contributed by atoms with Gasteiger partial charge >= 0.3 is 0 Å². The van der Waals surface area contributed by atoms with E-state index in [1.165, 1.54) is 180 Å². The van der Waals surface area contributed by atoms with Gasteiger partial charge in [-0.1, -0.05) is 282 Å². The molecule has 5 aliphatic carbocycles. The zero-order chi connectivity index (χ0) is 52.0. The van der Waals surface area contributed by atoms with Crippen molar-refractivity contribution in [2.75, 3.05) is 0 Å². The Hall–Kier alpha value is -5.46. The molecule has 0 bridgehead atoms. The molecule has 13 rings (SSSR count). The Morgan fingerprint density at radius 3 is 0.811 bits per heavy atom. The zero-order valence-electron chi connectivity index (χ0n) is 47.3. The minimum absolute atomic E-state index is 0.273. The Morgan fingerprint density at radius 2 is 0.527 bits per heavy atom. The van der Waals surface area contributed by atoms with Crippen molar-refractivity contribution >= 4 is 32.3 Å². The summed E-state index contributed by atoms with van der Waals surface area (Å²) in [7, 11) is 0. The average Bonchev–Trinajstić information content (AvgIpc) is 3.72. The lowest BCUT2D eigenvalue weighted by Gasteiger charge is -2.39. The van der Waals surface area contributed by atoms with E-state index in [1.54, 1.807) is 0 Å². The number of fused-ring (bicyclic) bond motifs is 3. The third kappa shape index (κ3) is 12.6. The average molecular weight is 980 g/mol. The first-order valence-electron chi connectivity index (χ1n) is 29.1. The summed E-state index contributed by atoms with van der Waals surface area (Å²) in [6.45, 7) is 21.0. The third-order valence-electron chi connectivity index (χ3n) is 19.1. The minimum atomic E-state index is 0.273. The second-order valence-corrected chi connectivity index (χ2v) is 26.2. The second-order valence-electron chi connectivity index (χ2n) is 26.2. The molecule has 0 heteroatoms. The Balaban J connectivity index is 0.000000114. The monoisotopic (exact) mass is 979 g/mol. The zero-order valence-corrected chi connectivity index (χ0v) is 47.3. The highest BCUT2D eigenvalue weighted by molar-refractivity contribution is 5.85. The van der Waals surface area contributed by atoms with E-state index in [0.29, 0.717) is 27.1 Å². The van der Waals surface area contributed by atoms with Gasteiger partial charge in [0.15, 0.2) is 0 Å². The van der Waals surface area contributed by atoms with Gasteiger partial charge in [-0.05, 0) is 169 Å². The van der Waals surface area contributed by atoms with Crippen molar-refractivity contribution in [3.63, 3.8) is 0 Å². The molecule has 0 aromatic heterocycles. The van der Waals surface area contributed by atoms with E-state index in [4.69, 9.17) is 0 Å². The molecule has 0 spiro atoms. The normalized spacial score (nSPS) is 19.3. The Bertz CT molecular complexity index is 3070. The third-order valence-corrected chi connectivity index (χ3v) is 19.1.